The molecule has 0 aliphatic carbocycles. The molecular formula is C19H23FN4O2. The summed E-state index contributed by atoms with van der Waals surface area (Å²) in [6, 6.07) is 9.32. The molecule has 1 aliphatic heterocycles. The Bertz CT molecular complexity index is 766. The Morgan fingerprint density at radius 3 is 2.42 bits per heavy atom. The fourth-order valence-corrected chi connectivity index (χ4v) is 3.29. The molecular weight excluding hydrogens is 335 g/mol. The van der Waals surface area contributed by atoms with Gasteiger partial charge in [-0.05, 0) is 62.3 Å². The molecule has 2 amide bonds. The Morgan fingerprint density at radius 1 is 1.12 bits per heavy atom. The highest BCUT2D eigenvalue weighted by Gasteiger charge is 2.26. The van der Waals surface area contributed by atoms with E-state index >= 15 is 0 Å². The summed E-state index contributed by atoms with van der Waals surface area (Å²) in [5.74, 6) is -1.86. The van der Waals surface area contributed by atoms with E-state index in [1.165, 1.54) is 24.3 Å². The van der Waals surface area contributed by atoms with Gasteiger partial charge in [-0.25, -0.2) is 4.39 Å². The van der Waals surface area contributed by atoms with Crippen LogP contribution in [0.5, 0.6) is 0 Å². The standard InChI is InChI=1S/C19H23FN4O2/c1-23-10-4-5-16(23)17(24-11-2-3-12-24)13-21-18(25)19(26)22-15-8-6-14(20)7-9-15/h4-10,17H,2-3,11-13H2,1H3,(H,21,25)(H,22,26). The molecule has 26 heavy (non-hydrogen) atoms. The van der Waals surface area contributed by atoms with Crippen LogP contribution in [0, 0.1) is 5.82 Å². The smallest absolute Gasteiger partial charge is 0.313 e. The van der Waals surface area contributed by atoms with E-state index in [4.69, 9.17) is 0 Å². The number of carbonyl (C=O) groups is 2. The van der Waals surface area contributed by atoms with Gasteiger partial charge in [0.25, 0.3) is 0 Å². The fraction of sp³-hybridized carbons (Fsp3) is 0.368. The highest BCUT2D eigenvalue weighted by atomic mass is 19.1. The highest BCUT2D eigenvalue weighted by molar-refractivity contribution is 6.39. The SMILES string of the molecule is Cn1cccc1C(CNC(=O)C(=O)Nc1ccc(F)cc1)N1CCCC1. The average Bonchev–Trinajstić information content (AvgIpc) is 3.30. The summed E-state index contributed by atoms with van der Waals surface area (Å²) in [6.45, 7) is 2.31. The van der Waals surface area contributed by atoms with Crippen LogP contribution in [0.4, 0.5) is 10.1 Å². The monoisotopic (exact) mass is 358 g/mol. The predicted octanol–water partition coefficient (Wildman–Crippen LogP) is 2.06. The Kier molecular flexibility index (Phi) is 5.68. The van der Waals surface area contributed by atoms with Gasteiger partial charge in [0, 0.05) is 31.2 Å². The van der Waals surface area contributed by atoms with Gasteiger partial charge >= 0.3 is 11.8 Å². The maximum absolute atomic E-state index is 12.9. The summed E-state index contributed by atoms with van der Waals surface area (Å²) in [6.07, 6.45) is 4.25. The third-order valence-corrected chi connectivity index (χ3v) is 4.67. The molecule has 1 aromatic carbocycles. The van der Waals surface area contributed by atoms with Gasteiger partial charge in [-0.1, -0.05) is 0 Å². The number of amides is 2. The summed E-state index contributed by atoms with van der Waals surface area (Å²) in [4.78, 5) is 26.5. The molecule has 2 heterocycles. The largest absolute Gasteiger partial charge is 0.353 e. The maximum atomic E-state index is 12.9. The van der Waals surface area contributed by atoms with Crippen molar-refractivity contribution >= 4 is 17.5 Å². The van der Waals surface area contributed by atoms with Gasteiger partial charge in [0.05, 0.1) is 6.04 Å². The number of aryl methyl sites for hydroxylation is 1. The molecule has 0 radical (unpaired) electrons. The zero-order chi connectivity index (χ0) is 18.5. The lowest BCUT2D eigenvalue weighted by Crippen LogP contribution is -2.41. The first-order valence-corrected chi connectivity index (χ1v) is 8.74. The number of hydrogen-bond donors (Lipinski definition) is 2. The summed E-state index contributed by atoms with van der Waals surface area (Å²) >= 11 is 0. The predicted molar refractivity (Wildman–Crippen MR) is 97.0 cm³/mol. The van der Waals surface area contributed by atoms with Crippen molar-refractivity contribution in [1.29, 1.82) is 0 Å². The zero-order valence-corrected chi connectivity index (χ0v) is 14.7. The van der Waals surface area contributed by atoms with E-state index in [0.717, 1.165) is 31.6 Å². The first-order valence-electron chi connectivity index (χ1n) is 8.74. The number of nitrogens with one attached hydrogen (secondary N) is 2. The molecule has 1 unspecified atom stereocenters. The molecule has 0 saturated carbocycles. The number of carbonyl (C=O) groups excluding carboxylic acids is 2. The number of nitrogens with zero attached hydrogens (tertiary/aromatic N) is 2. The van der Waals surface area contributed by atoms with Crippen molar-refractivity contribution in [2.45, 2.75) is 18.9 Å². The van der Waals surface area contributed by atoms with Gasteiger partial charge in [0.2, 0.25) is 0 Å². The average molecular weight is 358 g/mol. The second kappa shape index (κ2) is 8.14. The van der Waals surface area contributed by atoms with Crippen LogP contribution in [-0.2, 0) is 16.6 Å². The molecule has 1 aliphatic rings. The third kappa shape index (κ3) is 4.29. The number of halogens is 1. The quantitative estimate of drug-likeness (QED) is 0.804. The lowest BCUT2D eigenvalue weighted by atomic mass is 10.1. The molecule has 0 spiro atoms. The van der Waals surface area contributed by atoms with Crippen molar-refractivity contribution < 1.29 is 14.0 Å². The molecule has 1 fully saturated rings. The van der Waals surface area contributed by atoms with Crippen molar-refractivity contribution in [3.05, 3.63) is 54.1 Å². The number of benzene rings is 1. The van der Waals surface area contributed by atoms with Crippen LogP contribution in [0.15, 0.2) is 42.6 Å². The van der Waals surface area contributed by atoms with Gasteiger partial charge in [0.15, 0.2) is 0 Å². The molecule has 2 N–H and O–H groups in total. The number of anilines is 1. The van der Waals surface area contributed by atoms with Crippen molar-refractivity contribution in [2.75, 3.05) is 25.0 Å². The number of hydrogen-bond acceptors (Lipinski definition) is 3. The fourth-order valence-electron chi connectivity index (χ4n) is 3.29. The first kappa shape index (κ1) is 18.1. The molecule has 2 aromatic rings. The Hall–Kier alpha value is -2.67. The van der Waals surface area contributed by atoms with Crippen LogP contribution in [-0.4, -0.2) is 40.9 Å². The summed E-state index contributed by atoms with van der Waals surface area (Å²) < 4.78 is 14.9. The molecule has 0 bridgehead atoms. The second-order valence-corrected chi connectivity index (χ2v) is 6.47. The van der Waals surface area contributed by atoms with E-state index < -0.39 is 17.6 Å². The second-order valence-electron chi connectivity index (χ2n) is 6.47. The summed E-state index contributed by atoms with van der Waals surface area (Å²) in [5, 5.41) is 5.20. The van der Waals surface area contributed by atoms with E-state index in [1.54, 1.807) is 0 Å². The number of rotatable bonds is 5. The van der Waals surface area contributed by atoms with E-state index in [-0.39, 0.29) is 6.04 Å². The van der Waals surface area contributed by atoms with Gasteiger partial charge in [-0.2, -0.15) is 0 Å². The van der Waals surface area contributed by atoms with E-state index in [1.807, 2.05) is 29.9 Å². The van der Waals surface area contributed by atoms with Crippen molar-refractivity contribution in [1.82, 2.24) is 14.8 Å². The van der Waals surface area contributed by atoms with E-state index in [2.05, 4.69) is 15.5 Å². The number of aromatic nitrogens is 1. The van der Waals surface area contributed by atoms with E-state index in [9.17, 15) is 14.0 Å². The van der Waals surface area contributed by atoms with Crippen LogP contribution >= 0.6 is 0 Å². The normalized spacial score (nSPS) is 15.6. The van der Waals surface area contributed by atoms with Gasteiger partial charge in [0.1, 0.15) is 5.82 Å². The Morgan fingerprint density at radius 2 is 1.81 bits per heavy atom. The molecule has 3 rings (SSSR count). The van der Waals surface area contributed by atoms with Gasteiger partial charge < -0.3 is 15.2 Å². The molecule has 1 aromatic heterocycles. The minimum atomic E-state index is -0.760. The van der Waals surface area contributed by atoms with Crippen molar-refractivity contribution in [3.8, 4) is 0 Å². The molecule has 1 atom stereocenters. The van der Waals surface area contributed by atoms with Crippen LogP contribution < -0.4 is 10.6 Å². The topological polar surface area (TPSA) is 66.4 Å². The first-order chi connectivity index (χ1) is 12.5. The van der Waals surface area contributed by atoms with Crippen molar-refractivity contribution in [3.63, 3.8) is 0 Å². The highest BCUT2D eigenvalue weighted by Crippen LogP contribution is 2.24. The van der Waals surface area contributed by atoms with Crippen LogP contribution in [0.3, 0.4) is 0 Å². The van der Waals surface area contributed by atoms with Crippen LogP contribution in [0.2, 0.25) is 0 Å². The van der Waals surface area contributed by atoms with Gasteiger partial charge in [-0.3, -0.25) is 14.5 Å². The minimum absolute atomic E-state index is 0.0278. The zero-order valence-electron chi connectivity index (χ0n) is 14.7. The molecule has 7 heteroatoms. The number of likely N-dealkylation sites (tertiary alicyclic amines) is 1. The molecule has 1 saturated heterocycles. The van der Waals surface area contributed by atoms with Crippen molar-refractivity contribution in [2.24, 2.45) is 7.05 Å². The van der Waals surface area contributed by atoms with Gasteiger partial charge in [-0.15, -0.1) is 0 Å². The van der Waals surface area contributed by atoms with Crippen LogP contribution in [0.1, 0.15) is 24.6 Å². The summed E-state index contributed by atoms with van der Waals surface area (Å²) in [7, 11) is 1.97. The lowest BCUT2D eigenvalue weighted by molar-refractivity contribution is -0.136. The summed E-state index contributed by atoms with van der Waals surface area (Å²) in [5.41, 5.74) is 1.48. The van der Waals surface area contributed by atoms with Crippen LogP contribution in [0.25, 0.3) is 0 Å². The Labute approximate surface area is 152 Å². The maximum Gasteiger partial charge on any atom is 0.313 e. The lowest BCUT2D eigenvalue weighted by Gasteiger charge is -2.28. The Balaban J connectivity index is 1.61. The molecule has 138 valence electrons. The van der Waals surface area contributed by atoms with E-state index in [0.29, 0.717) is 12.2 Å². The minimum Gasteiger partial charge on any atom is -0.353 e. The molecule has 6 nitrogen and oxygen atoms in total. The third-order valence-electron chi connectivity index (χ3n) is 4.67.